The van der Waals surface area contributed by atoms with Crippen molar-refractivity contribution in [1.29, 1.82) is 5.26 Å². The number of aromatic nitrogens is 1. The van der Waals surface area contributed by atoms with Gasteiger partial charge in [-0.2, -0.15) is 18.4 Å². The summed E-state index contributed by atoms with van der Waals surface area (Å²) in [4.78, 5) is 16.9. The van der Waals surface area contributed by atoms with Crippen LogP contribution < -0.4 is 14.8 Å². The van der Waals surface area contributed by atoms with E-state index >= 15 is 0 Å². The van der Waals surface area contributed by atoms with Crippen LogP contribution in [-0.2, 0) is 17.4 Å². The number of carbonyl (C=O) groups is 1. The van der Waals surface area contributed by atoms with Crippen LogP contribution in [-0.4, -0.2) is 29.4 Å². The van der Waals surface area contributed by atoms with Gasteiger partial charge in [0.2, 0.25) is 12.7 Å². The quantitative estimate of drug-likeness (QED) is 0.328. The predicted molar refractivity (Wildman–Crippen MR) is 132 cm³/mol. The second kappa shape index (κ2) is 11.9. The highest BCUT2D eigenvalue weighted by Gasteiger charge is 2.34. The molecule has 3 aromatic rings. The van der Waals surface area contributed by atoms with Gasteiger partial charge in [-0.1, -0.05) is 24.3 Å². The molecule has 0 saturated carbocycles. The number of nitrogens with zero attached hydrogens (tertiary/aromatic N) is 2. The molecule has 1 amide bonds. The lowest BCUT2D eigenvalue weighted by atomic mass is 9.85. The first-order valence-corrected chi connectivity index (χ1v) is 11.7. The van der Waals surface area contributed by atoms with Crippen molar-refractivity contribution in [2.45, 2.75) is 50.9 Å². The van der Waals surface area contributed by atoms with Crippen molar-refractivity contribution in [1.82, 2.24) is 10.3 Å². The SMILES string of the molecule is CC(NC(=O)C(C)(C)Oc1ccc(C(F)(F)F)cn1)C(Cc1ccc(OC[18F])cc1)c1cccc(C#N)c1. The molecule has 1 aromatic heterocycles. The molecule has 3 rings (SSSR count). The smallest absolute Gasteiger partial charge is 0.417 e. The summed E-state index contributed by atoms with van der Waals surface area (Å²) in [5.41, 5.74) is -0.189. The Morgan fingerprint density at radius 2 is 1.82 bits per heavy atom. The minimum atomic E-state index is -4.54. The van der Waals surface area contributed by atoms with E-state index in [4.69, 9.17) is 9.47 Å². The van der Waals surface area contributed by atoms with Crippen molar-refractivity contribution < 1.29 is 31.8 Å². The zero-order valence-electron chi connectivity index (χ0n) is 21.1. The summed E-state index contributed by atoms with van der Waals surface area (Å²) in [7, 11) is 0. The van der Waals surface area contributed by atoms with Crippen LogP contribution >= 0.6 is 0 Å². The molecule has 0 bridgehead atoms. The molecule has 0 saturated heterocycles. The molecular formula is C28H27F4N3O3. The molecule has 0 radical (unpaired) electrons. The molecule has 0 spiro atoms. The highest BCUT2D eigenvalue weighted by molar-refractivity contribution is 5.85. The molecule has 0 aliphatic carbocycles. The number of hydrogen-bond acceptors (Lipinski definition) is 5. The van der Waals surface area contributed by atoms with Gasteiger partial charge in [0.05, 0.1) is 17.2 Å². The van der Waals surface area contributed by atoms with Crippen LogP contribution in [0.3, 0.4) is 0 Å². The Bertz CT molecular complexity index is 1270. The minimum Gasteiger partial charge on any atom is -0.463 e. The van der Waals surface area contributed by atoms with Crippen molar-refractivity contribution in [3.05, 3.63) is 89.1 Å². The molecule has 1 N–H and O–H groups in total. The summed E-state index contributed by atoms with van der Waals surface area (Å²) in [5.74, 6) is -0.504. The summed E-state index contributed by atoms with van der Waals surface area (Å²) in [5, 5.41) is 12.3. The van der Waals surface area contributed by atoms with E-state index in [9.17, 15) is 27.6 Å². The Balaban J connectivity index is 1.79. The molecule has 2 atom stereocenters. The van der Waals surface area contributed by atoms with Gasteiger partial charge in [-0.05, 0) is 68.7 Å². The Morgan fingerprint density at radius 1 is 1.11 bits per heavy atom. The summed E-state index contributed by atoms with van der Waals surface area (Å²) < 4.78 is 61.4. The van der Waals surface area contributed by atoms with E-state index in [0.717, 1.165) is 23.3 Å². The highest BCUT2D eigenvalue weighted by atomic mass is 19.4. The van der Waals surface area contributed by atoms with E-state index in [1.54, 1.807) is 42.5 Å². The normalized spacial score (nSPS) is 13.2. The molecule has 2 aromatic carbocycles. The van der Waals surface area contributed by atoms with Gasteiger partial charge in [0.1, 0.15) is 5.75 Å². The fourth-order valence-corrected chi connectivity index (χ4v) is 3.86. The van der Waals surface area contributed by atoms with Gasteiger partial charge in [0, 0.05) is 24.2 Å². The average molecular weight is 529 g/mol. The van der Waals surface area contributed by atoms with Crippen LogP contribution in [0.25, 0.3) is 0 Å². The largest absolute Gasteiger partial charge is 0.463 e. The van der Waals surface area contributed by atoms with Crippen molar-refractivity contribution in [3.8, 4) is 17.7 Å². The molecule has 2 unspecified atom stereocenters. The second-order valence-electron chi connectivity index (χ2n) is 9.20. The summed E-state index contributed by atoms with van der Waals surface area (Å²) in [6.07, 6.45) is -3.41. The third kappa shape index (κ3) is 7.44. The summed E-state index contributed by atoms with van der Waals surface area (Å²) >= 11 is 0. The van der Waals surface area contributed by atoms with E-state index in [2.05, 4.69) is 16.4 Å². The van der Waals surface area contributed by atoms with Crippen LogP contribution in [0.15, 0.2) is 66.9 Å². The van der Waals surface area contributed by atoms with E-state index in [-0.39, 0.29) is 11.8 Å². The highest BCUT2D eigenvalue weighted by Crippen LogP contribution is 2.30. The number of alkyl halides is 4. The molecule has 10 heteroatoms. The van der Waals surface area contributed by atoms with Gasteiger partial charge in [-0.25, -0.2) is 9.37 Å². The lowest BCUT2D eigenvalue weighted by Gasteiger charge is -2.30. The van der Waals surface area contributed by atoms with Crippen molar-refractivity contribution in [3.63, 3.8) is 0 Å². The van der Waals surface area contributed by atoms with Gasteiger partial charge in [-0.15, -0.1) is 0 Å². The Kier molecular flexibility index (Phi) is 8.94. The minimum absolute atomic E-state index is 0.125. The van der Waals surface area contributed by atoms with E-state index in [0.29, 0.717) is 23.9 Å². The number of halogens is 4. The third-order valence-electron chi connectivity index (χ3n) is 5.98. The Labute approximate surface area is 218 Å². The number of pyridine rings is 1. The first kappa shape index (κ1) is 28.4. The fraction of sp³-hybridized carbons (Fsp3) is 0.321. The molecule has 0 fully saturated rings. The molecular weight excluding hydrogens is 501 g/mol. The second-order valence-corrected chi connectivity index (χ2v) is 9.20. The van der Waals surface area contributed by atoms with Crippen LogP contribution in [0.5, 0.6) is 11.6 Å². The number of carbonyl (C=O) groups excluding carboxylic acids is 1. The third-order valence-corrected chi connectivity index (χ3v) is 5.98. The number of rotatable bonds is 10. The maximum atomic E-state index is 13.2. The monoisotopic (exact) mass is 528 g/mol. The molecule has 6 nitrogen and oxygen atoms in total. The maximum absolute atomic E-state index is 13.2. The number of hydrogen-bond donors (Lipinski definition) is 1. The van der Waals surface area contributed by atoms with Gasteiger partial charge >= 0.3 is 6.18 Å². The van der Waals surface area contributed by atoms with Gasteiger partial charge in [-0.3, -0.25) is 4.79 Å². The van der Waals surface area contributed by atoms with Gasteiger partial charge in [0.25, 0.3) is 5.91 Å². The predicted octanol–water partition coefficient (Wildman–Crippen LogP) is 5.97. The fourth-order valence-electron chi connectivity index (χ4n) is 3.86. The van der Waals surface area contributed by atoms with E-state index in [1.165, 1.54) is 13.8 Å². The van der Waals surface area contributed by atoms with Crippen LogP contribution in [0, 0.1) is 11.3 Å². The standard InChI is InChI=1S/C28H27F4N3O3/c1-18(35-26(36)27(2,3)38-25-12-9-22(16-34-25)28(30,31)32)24(21-6-4-5-20(13-21)15-33)14-19-7-10-23(11-8-19)37-17-29/h4-13,16,18,24H,14,17H2,1-3H3,(H,35,36)/i29-1. The Morgan fingerprint density at radius 3 is 2.39 bits per heavy atom. The summed E-state index contributed by atoms with van der Waals surface area (Å²) in [6.45, 7) is 3.85. The molecule has 0 aliphatic rings. The first-order valence-electron chi connectivity index (χ1n) is 11.7. The number of benzene rings is 2. The summed E-state index contributed by atoms with van der Waals surface area (Å²) in [6, 6.07) is 17.5. The van der Waals surface area contributed by atoms with E-state index < -0.39 is 36.2 Å². The maximum Gasteiger partial charge on any atom is 0.417 e. The molecule has 38 heavy (non-hydrogen) atoms. The van der Waals surface area contributed by atoms with Crippen molar-refractivity contribution in [2.24, 2.45) is 0 Å². The van der Waals surface area contributed by atoms with Crippen LogP contribution in [0.2, 0.25) is 0 Å². The number of ether oxygens (including phenoxy) is 2. The zero-order chi connectivity index (χ0) is 27.9. The van der Waals surface area contributed by atoms with Gasteiger partial charge < -0.3 is 14.8 Å². The van der Waals surface area contributed by atoms with Crippen LogP contribution in [0.1, 0.15) is 48.9 Å². The number of nitrogens with one attached hydrogen (secondary N) is 1. The lowest BCUT2D eigenvalue weighted by molar-refractivity contribution is -0.138. The van der Waals surface area contributed by atoms with Crippen molar-refractivity contribution in [2.75, 3.05) is 6.86 Å². The zero-order valence-corrected chi connectivity index (χ0v) is 21.1. The molecule has 0 aliphatic heterocycles. The average Bonchev–Trinajstić information content (AvgIpc) is 2.88. The Hall–Kier alpha value is -4.13. The van der Waals surface area contributed by atoms with Crippen LogP contribution in [0.4, 0.5) is 17.6 Å². The molecule has 200 valence electrons. The number of nitriles is 1. The topological polar surface area (TPSA) is 84.2 Å². The lowest BCUT2D eigenvalue weighted by Crippen LogP contribution is -2.51. The molecule has 1 heterocycles. The first-order chi connectivity index (χ1) is 17.9. The van der Waals surface area contributed by atoms with Crippen molar-refractivity contribution >= 4 is 5.91 Å². The van der Waals surface area contributed by atoms with E-state index in [1.807, 2.05) is 13.0 Å². The number of amides is 1. The van der Waals surface area contributed by atoms with Gasteiger partial charge in [0.15, 0.2) is 5.60 Å².